The second-order valence-corrected chi connectivity index (χ2v) is 7.91. The molecule has 3 atom stereocenters. The molecule has 3 fully saturated rings. The summed E-state index contributed by atoms with van der Waals surface area (Å²) in [5.41, 5.74) is 1.20. The van der Waals surface area contributed by atoms with Gasteiger partial charge in [-0.25, -0.2) is 9.18 Å². The molecule has 4 rings (SSSR count). The molecular weight excluding hydrogens is 319 g/mol. The largest absolute Gasteiger partial charge is 0.396 e. The van der Waals surface area contributed by atoms with Crippen LogP contribution >= 0.6 is 0 Å². The van der Waals surface area contributed by atoms with E-state index < -0.39 is 0 Å². The average molecular weight is 346 g/mol. The molecule has 1 aromatic carbocycles. The topological polar surface area (TPSA) is 43.8 Å². The van der Waals surface area contributed by atoms with E-state index in [1.807, 2.05) is 17.0 Å². The molecule has 0 aliphatic carbocycles. The Morgan fingerprint density at radius 2 is 1.64 bits per heavy atom. The Balaban J connectivity index is 1.42. The number of piperidine rings is 2. The van der Waals surface area contributed by atoms with Crippen molar-refractivity contribution >= 4 is 6.03 Å². The van der Waals surface area contributed by atoms with Crippen LogP contribution in [0, 0.1) is 11.7 Å². The fraction of sp³-hybridized carbons (Fsp3) is 0.650. The molecule has 0 saturated carbocycles. The molecule has 1 aromatic rings. The van der Waals surface area contributed by atoms with Gasteiger partial charge in [0.25, 0.3) is 0 Å². The molecular formula is C20H27FN2O2. The van der Waals surface area contributed by atoms with Crippen molar-refractivity contribution in [1.29, 1.82) is 0 Å². The summed E-state index contributed by atoms with van der Waals surface area (Å²) in [6.07, 6.45) is 5.96. The summed E-state index contributed by atoms with van der Waals surface area (Å²) < 4.78 is 13.2. The third-order valence-corrected chi connectivity index (χ3v) is 6.44. The molecule has 1 unspecified atom stereocenters. The zero-order valence-corrected chi connectivity index (χ0v) is 14.6. The number of benzene rings is 1. The molecule has 3 aliphatic heterocycles. The molecule has 5 heteroatoms. The van der Waals surface area contributed by atoms with Gasteiger partial charge in [-0.3, -0.25) is 0 Å². The van der Waals surface area contributed by atoms with E-state index in [9.17, 15) is 14.3 Å². The molecule has 3 heterocycles. The lowest BCUT2D eigenvalue weighted by molar-refractivity contribution is 0.0843. The number of amides is 2. The second-order valence-electron chi connectivity index (χ2n) is 7.91. The number of urea groups is 1. The first-order valence-corrected chi connectivity index (χ1v) is 9.59. The Bertz CT molecular complexity index is 599. The summed E-state index contributed by atoms with van der Waals surface area (Å²) in [6.45, 7) is 1.76. The second kappa shape index (κ2) is 6.94. The molecule has 25 heavy (non-hydrogen) atoms. The van der Waals surface area contributed by atoms with Gasteiger partial charge < -0.3 is 14.9 Å². The first kappa shape index (κ1) is 16.8. The van der Waals surface area contributed by atoms with Crippen LogP contribution in [0.15, 0.2) is 24.3 Å². The van der Waals surface area contributed by atoms with Crippen molar-refractivity contribution in [3.8, 4) is 0 Å². The minimum atomic E-state index is -0.189. The Morgan fingerprint density at radius 1 is 1.04 bits per heavy atom. The summed E-state index contributed by atoms with van der Waals surface area (Å²) in [4.78, 5) is 17.2. The molecule has 3 saturated heterocycles. The van der Waals surface area contributed by atoms with Crippen molar-refractivity contribution in [3.05, 3.63) is 35.6 Å². The number of carbonyl (C=O) groups is 1. The van der Waals surface area contributed by atoms with Crippen LogP contribution in [0.5, 0.6) is 0 Å². The number of fused-ring (bicyclic) bond motifs is 2. The van der Waals surface area contributed by atoms with E-state index in [0.29, 0.717) is 23.9 Å². The third kappa shape index (κ3) is 3.26. The van der Waals surface area contributed by atoms with Gasteiger partial charge in [0.05, 0.1) is 0 Å². The highest BCUT2D eigenvalue weighted by molar-refractivity contribution is 5.76. The maximum atomic E-state index is 13.2. The van der Waals surface area contributed by atoms with Gasteiger partial charge in [0.2, 0.25) is 0 Å². The fourth-order valence-electron chi connectivity index (χ4n) is 4.97. The van der Waals surface area contributed by atoms with Crippen LogP contribution in [0.1, 0.15) is 50.0 Å². The molecule has 2 amide bonds. The van der Waals surface area contributed by atoms with Gasteiger partial charge in [0.15, 0.2) is 0 Å². The van der Waals surface area contributed by atoms with E-state index in [-0.39, 0.29) is 18.5 Å². The fourth-order valence-corrected chi connectivity index (χ4v) is 4.97. The van der Waals surface area contributed by atoms with Crippen LogP contribution in [0.3, 0.4) is 0 Å². The van der Waals surface area contributed by atoms with Crippen molar-refractivity contribution in [1.82, 2.24) is 9.80 Å². The van der Waals surface area contributed by atoms with Gasteiger partial charge >= 0.3 is 6.03 Å². The van der Waals surface area contributed by atoms with Crippen molar-refractivity contribution in [2.24, 2.45) is 5.92 Å². The molecule has 3 aliphatic rings. The maximum Gasteiger partial charge on any atom is 0.320 e. The van der Waals surface area contributed by atoms with E-state index in [4.69, 9.17) is 0 Å². The molecule has 0 spiro atoms. The van der Waals surface area contributed by atoms with Gasteiger partial charge in [0, 0.05) is 31.8 Å². The Morgan fingerprint density at radius 3 is 2.20 bits per heavy atom. The lowest BCUT2D eigenvalue weighted by Crippen LogP contribution is -2.53. The average Bonchev–Trinajstić information content (AvgIpc) is 2.91. The Kier molecular flexibility index (Phi) is 4.67. The number of halogens is 1. The van der Waals surface area contributed by atoms with Crippen LogP contribution in [-0.4, -0.2) is 52.7 Å². The number of nitrogens with zero attached hydrogens (tertiary/aromatic N) is 2. The van der Waals surface area contributed by atoms with Crippen LogP contribution < -0.4 is 0 Å². The standard InChI is InChI=1S/C20H27FN2O2/c21-17-3-1-15(2-4-17)16-11-18-5-6-19(12-16)23(18)20(25)22-9-7-14(13-24)8-10-22/h1-4,14,16,18-19,24H,5-13H2/t16?,18-,19+. The zero-order valence-electron chi connectivity index (χ0n) is 14.6. The highest BCUT2D eigenvalue weighted by Crippen LogP contribution is 2.43. The van der Waals surface area contributed by atoms with Crippen LogP contribution in [0.2, 0.25) is 0 Å². The van der Waals surface area contributed by atoms with Crippen LogP contribution in [-0.2, 0) is 0 Å². The summed E-state index contributed by atoms with van der Waals surface area (Å²) in [6, 6.07) is 7.71. The molecule has 1 N–H and O–H groups in total. The Labute approximate surface area is 148 Å². The molecule has 4 nitrogen and oxygen atoms in total. The number of carbonyl (C=O) groups excluding carboxylic acids is 1. The van der Waals surface area contributed by atoms with Gasteiger partial charge in [0.1, 0.15) is 5.82 Å². The molecule has 0 radical (unpaired) electrons. The quantitative estimate of drug-likeness (QED) is 0.892. The van der Waals surface area contributed by atoms with E-state index >= 15 is 0 Å². The zero-order chi connectivity index (χ0) is 17.4. The first-order valence-electron chi connectivity index (χ1n) is 9.59. The predicted octanol–water partition coefficient (Wildman–Crippen LogP) is 3.36. The smallest absolute Gasteiger partial charge is 0.320 e. The highest BCUT2D eigenvalue weighted by Gasteiger charge is 2.45. The van der Waals surface area contributed by atoms with Crippen LogP contribution in [0.25, 0.3) is 0 Å². The van der Waals surface area contributed by atoms with E-state index in [1.165, 1.54) is 5.56 Å². The molecule has 136 valence electrons. The lowest BCUT2D eigenvalue weighted by atomic mass is 9.85. The first-order chi connectivity index (χ1) is 12.2. The summed E-state index contributed by atoms with van der Waals surface area (Å²) >= 11 is 0. The third-order valence-electron chi connectivity index (χ3n) is 6.44. The van der Waals surface area contributed by atoms with Gasteiger partial charge in [-0.2, -0.15) is 0 Å². The van der Waals surface area contributed by atoms with Crippen molar-refractivity contribution in [3.63, 3.8) is 0 Å². The number of hydrogen-bond acceptors (Lipinski definition) is 2. The van der Waals surface area contributed by atoms with Crippen LogP contribution in [0.4, 0.5) is 9.18 Å². The molecule has 2 bridgehead atoms. The number of aliphatic hydroxyl groups is 1. The normalized spacial score (nSPS) is 29.9. The summed E-state index contributed by atoms with van der Waals surface area (Å²) in [5.74, 6) is 0.595. The highest BCUT2D eigenvalue weighted by atomic mass is 19.1. The van der Waals surface area contributed by atoms with E-state index in [0.717, 1.165) is 51.6 Å². The lowest BCUT2D eigenvalue weighted by Gasteiger charge is -2.43. The van der Waals surface area contributed by atoms with Gasteiger partial charge in [-0.1, -0.05) is 12.1 Å². The Hall–Kier alpha value is -1.62. The monoisotopic (exact) mass is 346 g/mol. The summed E-state index contributed by atoms with van der Waals surface area (Å²) in [5, 5.41) is 9.28. The summed E-state index contributed by atoms with van der Waals surface area (Å²) in [7, 11) is 0. The van der Waals surface area contributed by atoms with Crippen molar-refractivity contribution < 1.29 is 14.3 Å². The van der Waals surface area contributed by atoms with E-state index in [2.05, 4.69) is 4.90 Å². The predicted molar refractivity (Wildman–Crippen MR) is 93.8 cm³/mol. The van der Waals surface area contributed by atoms with E-state index in [1.54, 1.807) is 12.1 Å². The minimum absolute atomic E-state index is 0.189. The number of likely N-dealkylation sites (tertiary alicyclic amines) is 1. The molecule has 0 aromatic heterocycles. The SMILES string of the molecule is O=C(N1CCC(CO)CC1)N1[C@@H]2CC[C@H]1CC(c1ccc(F)cc1)C2. The number of rotatable bonds is 2. The minimum Gasteiger partial charge on any atom is -0.396 e. The van der Waals surface area contributed by atoms with Crippen molar-refractivity contribution in [2.75, 3.05) is 19.7 Å². The number of aliphatic hydroxyl groups excluding tert-OH is 1. The maximum absolute atomic E-state index is 13.2. The van der Waals surface area contributed by atoms with Gasteiger partial charge in [-0.15, -0.1) is 0 Å². The van der Waals surface area contributed by atoms with Crippen molar-refractivity contribution in [2.45, 2.75) is 56.5 Å². The number of hydrogen-bond donors (Lipinski definition) is 1. The van der Waals surface area contributed by atoms with Gasteiger partial charge in [-0.05, 0) is 68.1 Å².